The Morgan fingerprint density at radius 3 is 2.73 bits per heavy atom. The number of benzene rings is 1. The number of fused-ring (bicyclic) bond motifs is 1. The maximum absolute atomic E-state index is 11.5. The third-order valence-electron chi connectivity index (χ3n) is 4.11. The van der Waals surface area contributed by atoms with Crippen LogP contribution in [0.4, 0.5) is 0 Å². The van der Waals surface area contributed by atoms with Gasteiger partial charge in [-0.25, -0.2) is 4.79 Å². The summed E-state index contributed by atoms with van der Waals surface area (Å²) < 4.78 is 1.83. The van der Waals surface area contributed by atoms with Crippen LogP contribution in [0.2, 0.25) is 5.02 Å². The minimum absolute atomic E-state index is 0.183. The third kappa shape index (κ3) is 2.87. The van der Waals surface area contributed by atoms with Crippen molar-refractivity contribution in [3.63, 3.8) is 0 Å². The highest BCUT2D eigenvalue weighted by atomic mass is 35.5. The number of aromatic nitrogens is 2. The monoisotopic (exact) mass is 319 g/mol. The molecule has 22 heavy (non-hydrogen) atoms. The lowest BCUT2D eigenvalue weighted by atomic mass is 10.0. The number of aromatic carboxylic acids is 1. The van der Waals surface area contributed by atoms with E-state index in [4.69, 9.17) is 11.6 Å². The van der Waals surface area contributed by atoms with E-state index in [1.165, 1.54) is 0 Å². The summed E-state index contributed by atoms with van der Waals surface area (Å²) in [5.74, 6) is -0.955. The molecule has 0 amide bonds. The number of hydrogen-bond acceptors (Lipinski definition) is 3. The van der Waals surface area contributed by atoms with E-state index < -0.39 is 5.97 Å². The number of hydrogen-bond donors (Lipinski definition) is 1. The van der Waals surface area contributed by atoms with Gasteiger partial charge < -0.3 is 5.11 Å². The largest absolute Gasteiger partial charge is 0.476 e. The topological polar surface area (TPSA) is 58.4 Å². The van der Waals surface area contributed by atoms with Gasteiger partial charge in [-0.2, -0.15) is 5.10 Å². The number of nitrogens with zero attached hydrogens (tertiary/aromatic N) is 3. The molecule has 6 heteroatoms. The van der Waals surface area contributed by atoms with Crippen LogP contribution < -0.4 is 0 Å². The van der Waals surface area contributed by atoms with Gasteiger partial charge in [0.05, 0.1) is 6.54 Å². The van der Waals surface area contributed by atoms with Crippen LogP contribution in [0.3, 0.4) is 0 Å². The molecule has 0 saturated heterocycles. The second kappa shape index (κ2) is 6.10. The average Bonchev–Trinajstić information content (AvgIpc) is 2.87. The van der Waals surface area contributed by atoms with Crippen LogP contribution in [0, 0.1) is 0 Å². The van der Waals surface area contributed by atoms with Gasteiger partial charge in [-0.3, -0.25) is 9.58 Å². The fourth-order valence-corrected chi connectivity index (χ4v) is 3.01. The molecule has 1 N–H and O–H groups in total. The van der Waals surface area contributed by atoms with Crippen LogP contribution in [0.25, 0.3) is 0 Å². The van der Waals surface area contributed by atoms with E-state index >= 15 is 0 Å². The molecule has 0 spiro atoms. The van der Waals surface area contributed by atoms with Gasteiger partial charge in [0.1, 0.15) is 0 Å². The number of carbonyl (C=O) groups is 1. The number of rotatable bonds is 4. The van der Waals surface area contributed by atoms with Gasteiger partial charge in [0.25, 0.3) is 0 Å². The molecule has 5 nitrogen and oxygen atoms in total. The van der Waals surface area contributed by atoms with Crippen molar-refractivity contribution in [2.24, 2.45) is 0 Å². The number of carboxylic acids is 1. The summed E-state index contributed by atoms with van der Waals surface area (Å²) in [4.78, 5) is 13.7. The van der Waals surface area contributed by atoms with E-state index in [0.717, 1.165) is 36.3 Å². The highest BCUT2D eigenvalue weighted by molar-refractivity contribution is 6.30. The van der Waals surface area contributed by atoms with Crippen LogP contribution in [0.15, 0.2) is 24.3 Å². The summed E-state index contributed by atoms with van der Waals surface area (Å²) >= 11 is 5.90. The number of carboxylic acid groups (broad SMARTS) is 1. The molecule has 0 unspecified atom stereocenters. The molecule has 3 rings (SSSR count). The van der Waals surface area contributed by atoms with Gasteiger partial charge in [0.15, 0.2) is 5.69 Å². The predicted molar refractivity (Wildman–Crippen MR) is 84.4 cm³/mol. The predicted octanol–water partition coefficient (Wildman–Crippen LogP) is 2.66. The van der Waals surface area contributed by atoms with Gasteiger partial charge in [-0.15, -0.1) is 0 Å². The Hall–Kier alpha value is -1.85. The minimum Gasteiger partial charge on any atom is -0.476 e. The molecule has 0 atom stereocenters. The first-order chi connectivity index (χ1) is 10.6. The standard InChI is InChI=1S/C16H18ClN3O2/c1-2-19-8-7-14-13(10-19)15(16(21)22)18-20(14)9-11-3-5-12(17)6-4-11/h3-6H,2,7-10H2,1H3,(H,21,22). The molecule has 1 aliphatic heterocycles. The van der Waals surface area contributed by atoms with Crippen molar-refractivity contribution in [3.05, 3.63) is 51.8 Å². The molecular formula is C16H18ClN3O2. The van der Waals surface area contributed by atoms with Crippen LogP contribution in [-0.2, 0) is 19.5 Å². The first-order valence-corrected chi connectivity index (χ1v) is 7.75. The summed E-state index contributed by atoms with van der Waals surface area (Å²) in [6.07, 6.45) is 0.830. The van der Waals surface area contributed by atoms with Gasteiger partial charge in [0.2, 0.25) is 0 Å². The van der Waals surface area contributed by atoms with Crippen LogP contribution in [0.5, 0.6) is 0 Å². The summed E-state index contributed by atoms with van der Waals surface area (Å²) in [6.45, 7) is 5.17. The van der Waals surface area contributed by atoms with Crippen molar-refractivity contribution < 1.29 is 9.90 Å². The summed E-state index contributed by atoms with van der Waals surface area (Å²) in [6, 6.07) is 7.56. The zero-order valence-corrected chi connectivity index (χ0v) is 13.2. The van der Waals surface area contributed by atoms with E-state index in [-0.39, 0.29) is 5.69 Å². The van der Waals surface area contributed by atoms with Crippen molar-refractivity contribution in [2.45, 2.75) is 26.4 Å². The molecule has 0 aliphatic carbocycles. The molecule has 1 aromatic heterocycles. The summed E-state index contributed by atoms with van der Waals surface area (Å²) in [5.41, 5.74) is 3.14. The fourth-order valence-electron chi connectivity index (χ4n) is 2.88. The smallest absolute Gasteiger partial charge is 0.356 e. The molecule has 0 saturated carbocycles. The number of likely N-dealkylation sites (N-methyl/N-ethyl adjacent to an activating group) is 1. The lowest BCUT2D eigenvalue weighted by molar-refractivity contribution is 0.0687. The maximum Gasteiger partial charge on any atom is 0.356 e. The molecule has 2 heterocycles. The molecule has 1 aromatic carbocycles. The Morgan fingerprint density at radius 1 is 1.36 bits per heavy atom. The van der Waals surface area contributed by atoms with E-state index in [9.17, 15) is 9.90 Å². The molecule has 0 bridgehead atoms. The first-order valence-electron chi connectivity index (χ1n) is 7.37. The van der Waals surface area contributed by atoms with Crippen LogP contribution in [-0.4, -0.2) is 38.8 Å². The highest BCUT2D eigenvalue weighted by Gasteiger charge is 2.27. The normalized spacial score (nSPS) is 14.8. The quantitative estimate of drug-likeness (QED) is 0.941. The third-order valence-corrected chi connectivity index (χ3v) is 4.36. The number of halogens is 1. The van der Waals surface area contributed by atoms with Crippen molar-refractivity contribution >= 4 is 17.6 Å². The van der Waals surface area contributed by atoms with Gasteiger partial charge in [-0.05, 0) is 24.2 Å². The average molecular weight is 320 g/mol. The lowest BCUT2D eigenvalue weighted by Gasteiger charge is -2.26. The fraction of sp³-hybridized carbons (Fsp3) is 0.375. The van der Waals surface area contributed by atoms with Crippen molar-refractivity contribution in [2.75, 3.05) is 13.1 Å². The van der Waals surface area contributed by atoms with E-state index in [1.807, 2.05) is 28.9 Å². The Kier molecular flexibility index (Phi) is 4.18. The zero-order chi connectivity index (χ0) is 15.7. The Morgan fingerprint density at radius 2 is 2.09 bits per heavy atom. The minimum atomic E-state index is -0.955. The molecule has 1 aliphatic rings. The van der Waals surface area contributed by atoms with Crippen molar-refractivity contribution in [3.8, 4) is 0 Å². The highest BCUT2D eigenvalue weighted by Crippen LogP contribution is 2.23. The molecular weight excluding hydrogens is 302 g/mol. The summed E-state index contributed by atoms with van der Waals surface area (Å²) in [5, 5.41) is 14.4. The van der Waals surface area contributed by atoms with Crippen molar-refractivity contribution in [1.29, 1.82) is 0 Å². The molecule has 2 aromatic rings. The SMILES string of the molecule is CCN1CCc2c(c(C(=O)O)nn2Cc2ccc(Cl)cc2)C1. The maximum atomic E-state index is 11.5. The van der Waals surface area contributed by atoms with E-state index in [1.54, 1.807) is 0 Å². The molecule has 0 radical (unpaired) electrons. The van der Waals surface area contributed by atoms with Gasteiger partial charge in [-0.1, -0.05) is 30.7 Å². The van der Waals surface area contributed by atoms with E-state index in [2.05, 4.69) is 16.9 Å². The van der Waals surface area contributed by atoms with Crippen LogP contribution >= 0.6 is 11.6 Å². The Labute approximate surface area is 134 Å². The zero-order valence-electron chi connectivity index (χ0n) is 12.4. The Bertz CT molecular complexity index is 694. The molecule has 0 fully saturated rings. The summed E-state index contributed by atoms with van der Waals surface area (Å²) in [7, 11) is 0. The van der Waals surface area contributed by atoms with Gasteiger partial charge >= 0.3 is 5.97 Å². The Balaban J connectivity index is 1.95. The van der Waals surface area contributed by atoms with Gasteiger partial charge in [0, 0.05) is 35.8 Å². The molecule has 116 valence electrons. The second-order valence-electron chi connectivity index (χ2n) is 5.48. The van der Waals surface area contributed by atoms with Crippen molar-refractivity contribution in [1.82, 2.24) is 14.7 Å². The van der Waals surface area contributed by atoms with Crippen LogP contribution in [0.1, 0.15) is 34.2 Å². The van der Waals surface area contributed by atoms with E-state index in [0.29, 0.717) is 18.1 Å². The lowest BCUT2D eigenvalue weighted by Crippen LogP contribution is -2.31. The second-order valence-corrected chi connectivity index (χ2v) is 5.92. The first kappa shape index (κ1) is 15.1.